The highest BCUT2D eigenvalue weighted by atomic mass is 35.5. The molecule has 0 unspecified atom stereocenters. The molecular weight excluding hydrogens is 182 g/mol. The summed E-state index contributed by atoms with van der Waals surface area (Å²) >= 11 is 15.6. The van der Waals surface area contributed by atoms with Gasteiger partial charge in [-0.3, -0.25) is 4.79 Å². The van der Waals surface area contributed by atoms with Gasteiger partial charge in [0.25, 0.3) is 0 Å². The van der Waals surface area contributed by atoms with Crippen molar-refractivity contribution < 1.29 is 4.79 Å². The van der Waals surface area contributed by atoms with Gasteiger partial charge in [0.2, 0.25) is 0 Å². The van der Waals surface area contributed by atoms with E-state index in [4.69, 9.17) is 34.8 Å². The summed E-state index contributed by atoms with van der Waals surface area (Å²) in [5, 5.41) is 0. The molecule has 9 heavy (non-hydrogen) atoms. The van der Waals surface area contributed by atoms with Gasteiger partial charge >= 0.3 is 0 Å². The number of alkyl halides is 1. The number of allylic oxidation sites excluding steroid dienone is 1. The fourth-order valence-corrected chi connectivity index (χ4v) is 0.717. The molecule has 0 heterocycles. The van der Waals surface area contributed by atoms with E-state index in [0.29, 0.717) is 5.88 Å². The molecular formula is C5H5Cl3O. The summed E-state index contributed by atoms with van der Waals surface area (Å²) in [5.41, 5.74) is 0. The molecule has 0 radical (unpaired) electrons. The van der Waals surface area contributed by atoms with Crippen LogP contribution in [0.1, 0.15) is 6.42 Å². The molecule has 1 nitrogen and oxygen atoms in total. The normalized spacial score (nSPS) is 8.78. The molecule has 0 saturated heterocycles. The van der Waals surface area contributed by atoms with Crippen LogP contribution in [0.2, 0.25) is 0 Å². The summed E-state index contributed by atoms with van der Waals surface area (Å²) in [6.07, 6.45) is 1.43. The Labute approximate surface area is 68.6 Å². The van der Waals surface area contributed by atoms with Gasteiger partial charge in [-0.25, -0.2) is 0 Å². The first-order chi connectivity index (χ1) is 4.16. The second kappa shape index (κ2) is 5.10. The van der Waals surface area contributed by atoms with Crippen molar-refractivity contribution in [2.45, 2.75) is 6.42 Å². The highest BCUT2D eigenvalue weighted by molar-refractivity contribution is 6.56. The summed E-state index contributed by atoms with van der Waals surface area (Å²) in [4.78, 5) is 10.5. The van der Waals surface area contributed by atoms with E-state index in [1.807, 2.05) is 0 Å². The Balaban J connectivity index is 3.63. The topological polar surface area (TPSA) is 17.1 Å². The van der Waals surface area contributed by atoms with E-state index in [2.05, 4.69) is 0 Å². The van der Waals surface area contributed by atoms with Crippen LogP contribution in [-0.2, 0) is 4.79 Å². The lowest BCUT2D eigenvalue weighted by Crippen LogP contribution is -1.92. The first-order valence-electron chi connectivity index (χ1n) is 2.28. The highest BCUT2D eigenvalue weighted by Gasteiger charge is 1.95. The molecule has 4 heteroatoms. The van der Waals surface area contributed by atoms with Crippen LogP contribution in [0.5, 0.6) is 0 Å². The zero-order valence-electron chi connectivity index (χ0n) is 4.53. The first kappa shape index (κ1) is 9.28. The molecule has 0 aromatic heterocycles. The van der Waals surface area contributed by atoms with Gasteiger partial charge in [0.1, 0.15) is 4.49 Å². The number of halogens is 3. The van der Waals surface area contributed by atoms with E-state index in [1.54, 1.807) is 0 Å². The molecule has 0 aliphatic rings. The fraction of sp³-hybridized carbons (Fsp3) is 0.400. The van der Waals surface area contributed by atoms with Crippen molar-refractivity contribution in [2.75, 3.05) is 5.88 Å². The van der Waals surface area contributed by atoms with E-state index in [-0.39, 0.29) is 16.7 Å². The molecule has 0 fully saturated rings. The van der Waals surface area contributed by atoms with Crippen molar-refractivity contribution in [3.05, 3.63) is 10.6 Å². The first-order valence-corrected chi connectivity index (χ1v) is 3.57. The van der Waals surface area contributed by atoms with Crippen molar-refractivity contribution in [3.8, 4) is 0 Å². The van der Waals surface area contributed by atoms with Gasteiger partial charge in [-0.15, -0.1) is 11.6 Å². The third-order valence-corrected chi connectivity index (χ3v) is 1.02. The van der Waals surface area contributed by atoms with Crippen molar-refractivity contribution in [3.63, 3.8) is 0 Å². The third-order valence-electron chi connectivity index (χ3n) is 0.611. The summed E-state index contributed by atoms with van der Waals surface area (Å²) < 4.78 is -0.0230. The maximum atomic E-state index is 10.5. The van der Waals surface area contributed by atoms with E-state index in [9.17, 15) is 4.79 Å². The van der Waals surface area contributed by atoms with Crippen LogP contribution in [0.3, 0.4) is 0 Å². The smallest absolute Gasteiger partial charge is 0.159 e. The number of hydrogen-bond acceptors (Lipinski definition) is 1. The molecule has 0 amide bonds. The summed E-state index contributed by atoms with van der Waals surface area (Å²) in [6, 6.07) is 0. The monoisotopic (exact) mass is 186 g/mol. The van der Waals surface area contributed by atoms with Crippen molar-refractivity contribution in [1.29, 1.82) is 0 Å². The quantitative estimate of drug-likeness (QED) is 0.490. The van der Waals surface area contributed by atoms with Gasteiger partial charge in [-0.2, -0.15) is 0 Å². The molecule has 0 bridgehead atoms. The fourth-order valence-electron chi connectivity index (χ4n) is 0.287. The molecule has 0 aromatic rings. The number of ketones is 1. The molecule has 0 rings (SSSR count). The maximum Gasteiger partial charge on any atom is 0.159 e. The molecule has 0 N–H and O–H groups in total. The predicted octanol–water partition coefficient (Wildman–Crippen LogP) is 2.50. The second-order valence-corrected chi connectivity index (χ2v) is 2.73. The Morgan fingerprint density at radius 3 is 2.33 bits per heavy atom. The Morgan fingerprint density at radius 1 is 1.44 bits per heavy atom. The van der Waals surface area contributed by atoms with E-state index in [0.717, 1.165) is 6.08 Å². The van der Waals surface area contributed by atoms with Gasteiger partial charge in [0, 0.05) is 18.4 Å². The Hall–Kier alpha value is 0.280. The van der Waals surface area contributed by atoms with E-state index >= 15 is 0 Å². The second-order valence-electron chi connectivity index (χ2n) is 1.34. The van der Waals surface area contributed by atoms with E-state index < -0.39 is 0 Å². The van der Waals surface area contributed by atoms with Gasteiger partial charge in [-0.1, -0.05) is 23.2 Å². The molecule has 0 saturated carbocycles. The Morgan fingerprint density at radius 2 is 2.00 bits per heavy atom. The van der Waals surface area contributed by atoms with E-state index in [1.165, 1.54) is 0 Å². The Kier molecular flexibility index (Phi) is 5.25. The zero-order chi connectivity index (χ0) is 7.28. The van der Waals surface area contributed by atoms with Crippen LogP contribution in [0.15, 0.2) is 10.6 Å². The average molecular weight is 187 g/mol. The largest absolute Gasteiger partial charge is 0.295 e. The summed E-state index contributed by atoms with van der Waals surface area (Å²) in [6.45, 7) is 0. The van der Waals surface area contributed by atoms with Crippen molar-refractivity contribution >= 4 is 40.6 Å². The van der Waals surface area contributed by atoms with Crippen LogP contribution < -0.4 is 0 Å². The molecule has 0 aliphatic carbocycles. The van der Waals surface area contributed by atoms with Crippen molar-refractivity contribution in [1.82, 2.24) is 0 Å². The Bertz CT molecular complexity index is 126. The average Bonchev–Trinajstić information content (AvgIpc) is 1.63. The van der Waals surface area contributed by atoms with Crippen LogP contribution in [-0.4, -0.2) is 11.7 Å². The standard InChI is InChI=1S/C5H5Cl3O/c6-2-1-4(9)3-5(7)8/h3H,1-2H2. The minimum Gasteiger partial charge on any atom is -0.295 e. The highest BCUT2D eigenvalue weighted by Crippen LogP contribution is 2.06. The van der Waals surface area contributed by atoms with Gasteiger partial charge in [0.15, 0.2) is 5.78 Å². The van der Waals surface area contributed by atoms with Crippen LogP contribution >= 0.6 is 34.8 Å². The SMILES string of the molecule is O=C(C=C(Cl)Cl)CCCl. The number of carbonyl (C=O) groups is 1. The lowest BCUT2D eigenvalue weighted by Gasteiger charge is -1.85. The third kappa shape index (κ3) is 6.16. The maximum absolute atomic E-state index is 10.5. The van der Waals surface area contributed by atoms with Crippen molar-refractivity contribution in [2.24, 2.45) is 0 Å². The zero-order valence-corrected chi connectivity index (χ0v) is 6.80. The van der Waals surface area contributed by atoms with Crippen LogP contribution in [0.4, 0.5) is 0 Å². The summed E-state index contributed by atoms with van der Waals surface area (Å²) in [5.74, 6) is 0.154. The van der Waals surface area contributed by atoms with Gasteiger partial charge < -0.3 is 0 Å². The van der Waals surface area contributed by atoms with Gasteiger partial charge in [-0.05, 0) is 0 Å². The molecule has 0 atom stereocenters. The predicted molar refractivity (Wildman–Crippen MR) is 40.1 cm³/mol. The molecule has 0 aromatic carbocycles. The molecule has 52 valence electrons. The van der Waals surface area contributed by atoms with Gasteiger partial charge in [0.05, 0.1) is 0 Å². The van der Waals surface area contributed by atoms with Crippen LogP contribution in [0, 0.1) is 0 Å². The molecule has 0 spiro atoms. The molecule has 0 aliphatic heterocycles. The summed E-state index contributed by atoms with van der Waals surface area (Å²) in [7, 11) is 0. The number of hydrogen-bond donors (Lipinski definition) is 0. The minimum absolute atomic E-state index is 0.0230. The lowest BCUT2D eigenvalue weighted by atomic mass is 10.3. The lowest BCUT2D eigenvalue weighted by molar-refractivity contribution is -0.114. The van der Waals surface area contributed by atoms with Crippen LogP contribution in [0.25, 0.3) is 0 Å². The minimum atomic E-state index is -0.148. The number of rotatable bonds is 3. The number of carbonyl (C=O) groups excluding carboxylic acids is 1.